The van der Waals surface area contributed by atoms with Crippen LogP contribution in [0.5, 0.6) is 5.75 Å². The quantitative estimate of drug-likeness (QED) is 0.238. The number of hydrogen-bond donors (Lipinski definition) is 1. The van der Waals surface area contributed by atoms with Crippen LogP contribution >= 0.6 is 7.60 Å². The molecule has 179 valence electrons. The molecule has 4 rings (SSSR count). The maximum absolute atomic E-state index is 12.8. The number of ether oxygens (including phenoxy) is 1. The van der Waals surface area contributed by atoms with Crippen LogP contribution < -0.4 is 4.74 Å². The monoisotopic (exact) mass is 502 g/mol. The summed E-state index contributed by atoms with van der Waals surface area (Å²) in [7, 11) is -4.04. The molecule has 0 aliphatic rings. The van der Waals surface area contributed by atoms with Crippen molar-refractivity contribution in [1.29, 1.82) is 0 Å². The fourth-order valence-electron chi connectivity index (χ4n) is 4.06. The fraction of sp³-hybridized carbons (Fsp3) is 0.308. The van der Waals surface area contributed by atoms with E-state index in [4.69, 9.17) is 19.2 Å². The average Bonchev–Trinajstić information content (AvgIpc) is 3.16. The fourth-order valence-corrected chi connectivity index (χ4v) is 5.37. The van der Waals surface area contributed by atoms with Crippen LogP contribution in [0.25, 0.3) is 11.2 Å². The Labute approximate surface area is 228 Å². The van der Waals surface area contributed by atoms with Gasteiger partial charge in [-0.25, -0.2) is 9.97 Å². The van der Waals surface area contributed by atoms with Gasteiger partial charge < -0.3 is 18.7 Å². The number of imidazole rings is 1. The van der Waals surface area contributed by atoms with Crippen LogP contribution in [-0.2, 0) is 22.1 Å². The largest absolute Gasteiger partial charge is 0.473 e. The standard InChI is InChI=1S/C26H30N3O4P.Na/c1-5-23-28-24-18(3)16-19(4)27-25(24)29(23)17-20-12-14-22(15-13-20)33-26(34(30,31)32-6-2)21-10-8-7-9-11-21;/h7-16,26H,5-6,17H2,1-4H3,(H,30,31);. The van der Waals surface area contributed by atoms with Gasteiger partial charge >= 0.3 is 7.60 Å². The van der Waals surface area contributed by atoms with Crippen LogP contribution in [0.2, 0.25) is 0 Å². The molecule has 0 bridgehead atoms. The third-order valence-corrected chi connectivity index (χ3v) is 7.25. The van der Waals surface area contributed by atoms with Gasteiger partial charge in [0.25, 0.3) is 0 Å². The van der Waals surface area contributed by atoms with Crippen molar-refractivity contribution in [3.05, 3.63) is 88.9 Å². The molecule has 2 heterocycles. The van der Waals surface area contributed by atoms with Crippen molar-refractivity contribution in [3.8, 4) is 5.75 Å². The van der Waals surface area contributed by atoms with E-state index in [1.165, 1.54) is 0 Å². The second-order valence-electron chi connectivity index (χ2n) is 8.23. The van der Waals surface area contributed by atoms with E-state index < -0.39 is 13.4 Å². The zero-order valence-electron chi connectivity index (χ0n) is 20.9. The molecule has 0 amide bonds. The molecule has 0 saturated heterocycles. The first-order chi connectivity index (χ1) is 16.3. The number of pyridine rings is 1. The summed E-state index contributed by atoms with van der Waals surface area (Å²) >= 11 is 0. The number of nitrogens with zero attached hydrogens (tertiary/aromatic N) is 3. The van der Waals surface area contributed by atoms with Crippen molar-refractivity contribution in [2.45, 2.75) is 46.5 Å². The molecular formula is C26H30N3NaO4P. The summed E-state index contributed by atoms with van der Waals surface area (Å²) in [6.45, 7) is 8.56. The Morgan fingerprint density at radius 3 is 2.34 bits per heavy atom. The average molecular weight is 503 g/mol. The van der Waals surface area contributed by atoms with Crippen LogP contribution in [0.3, 0.4) is 0 Å². The van der Waals surface area contributed by atoms with E-state index in [1.807, 2.05) is 37.3 Å². The predicted octanol–water partition coefficient (Wildman–Crippen LogP) is 5.58. The van der Waals surface area contributed by atoms with Gasteiger partial charge in [0.1, 0.15) is 17.1 Å². The van der Waals surface area contributed by atoms with E-state index in [1.54, 1.807) is 31.2 Å². The number of aromatic nitrogens is 3. The van der Waals surface area contributed by atoms with Crippen LogP contribution in [0.4, 0.5) is 0 Å². The van der Waals surface area contributed by atoms with Crippen molar-refractivity contribution >= 4 is 48.3 Å². The SMILES string of the molecule is CCOP(=O)(O)C(Oc1ccc(Cn2c(CC)nc3c(C)cc(C)nc32)cc1)c1ccccc1.[Na]. The van der Waals surface area contributed by atoms with Crippen molar-refractivity contribution < 1.29 is 18.7 Å². The van der Waals surface area contributed by atoms with Crippen molar-refractivity contribution in [2.75, 3.05) is 6.61 Å². The van der Waals surface area contributed by atoms with Crippen molar-refractivity contribution in [2.24, 2.45) is 0 Å². The third-order valence-electron chi connectivity index (χ3n) is 5.62. The van der Waals surface area contributed by atoms with Gasteiger partial charge in [-0.15, -0.1) is 0 Å². The second kappa shape index (κ2) is 11.8. The minimum absolute atomic E-state index is 0. The van der Waals surface area contributed by atoms with Crippen LogP contribution in [0, 0.1) is 13.8 Å². The molecule has 0 fully saturated rings. The van der Waals surface area contributed by atoms with Gasteiger partial charge in [0, 0.05) is 47.2 Å². The van der Waals surface area contributed by atoms with Gasteiger partial charge in [-0.3, -0.25) is 4.57 Å². The zero-order valence-corrected chi connectivity index (χ0v) is 23.8. The molecule has 0 aliphatic carbocycles. The normalized spacial score (nSPS) is 13.7. The van der Waals surface area contributed by atoms with Crippen LogP contribution in [-0.4, -0.2) is 55.6 Å². The van der Waals surface area contributed by atoms with Gasteiger partial charge in [-0.2, -0.15) is 0 Å². The molecule has 0 saturated carbocycles. The van der Waals surface area contributed by atoms with Crippen molar-refractivity contribution in [1.82, 2.24) is 14.5 Å². The Hall–Kier alpha value is -1.99. The molecule has 2 atom stereocenters. The molecule has 0 spiro atoms. The molecule has 2 aromatic carbocycles. The number of hydrogen-bond acceptors (Lipinski definition) is 5. The minimum atomic E-state index is -4.04. The molecule has 1 N–H and O–H groups in total. The van der Waals surface area contributed by atoms with E-state index in [-0.39, 0.29) is 36.2 Å². The predicted molar refractivity (Wildman–Crippen MR) is 139 cm³/mol. The summed E-state index contributed by atoms with van der Waals surface area (Å²) in [4.78, 5) is 20.1. The van der Waals surface area contributed by atoms with E-state index >= 15 is 0 Å². The Morgan fingerprint density at radius 1 is 1.03 bits per heavy atom. The van der Waals surface area contributed by atoms with Crippen LogP contribution in [0.15, 0.2) is 60.7 Å². The minimum Gasteiger partial charge on any atom is -0.473 e. The summed E-state index contributed by atoms with van der Waals surface area (Å²) in [6.07, 6.45) is 0.804. The second-order valence-corrected chi connectivity index (χ2v) is 10.1. The maximum Gasteiger partial charge on any atom is 0.372 e. The number of aryl methyl sites for hydroxylation is 3. The Bertz CT molecular complexity index is 1330. The van der Waals surface area contributed by atoms with Gasteiger partial charge in [0.15, 0.2) is 5.65 Å². The van der Waals surface area contributed by atoms with Gasteiger partial charge in [-0.1, -0.05) is 49.4 Å². The van der Waals surface area contributed by atoms with E-state index in [0.717, 1.165) is 40.2 Å². The zero-order chi connectivity index (χ0) is 24.3. The van der Waals surface area contributed by atoms with E-state index in [9.17, 15) is 9.46 Å². The molecule has 2 aromatic heterocycles. The van der Waals surface area contributed by atoms with Crippen molar-refractivity contribution in [3.63, 3.8) is 0 Å². The Balaban J connectivity index is 0.00000342. The molecule has 0 aliphatic heterocycles. The van der Waals surface area contributed by atoms with Crippen LogP contribution in [0.1, 0.15) is 47.9 Å². The molecular weight excluding hydrogens is 472 g/mol. The summed E-state index contributed by atoms with van der Waals surface area (Å²) in [5.74, 6) is 0.361. The molecule has 35 heavy (non-hydrogen) atoms. The summed E-state index contributed by atoms with van der Waals surface area (Å²) in [5, 5.41) is 0. The third kappa shape index (κ3) is 6.23. The Morgan fingerprint density at radius 2 is 1.71 bits per heavy atom. The molecule has 7 nitrogen and oxygen atoms in total. The molecule has 2 unspecified atom stereocenters. The first-order valence-corrected chi connectivity index (χ1v) is 13.1. The molecule has 9 heteroatoms. The number of rotatable bonds is 9. The number of fused-ring (bicyclic) bond motifs is 1. The molecule has 1 radical (unpaired) electrons. The summed E-state index contributed by atoms with van der Waals surface area (Å²) in [6, 6.07) is 18.6. The van der Waals surface area contributed by atoms with Gasteiger partial charge in [0.2, 0.25) is 5.85 Å². The molecule has 4 aromatic rings. The smallest absolute Gasteiger partial charge is 0.372 e. The van der Waals surface area contributed by atoms with E-state index in [0.29, 0.717) is 17.9 Å². The van der Waals surface area contributed by atoms with Gasteiger partial charge in [-0.05, 0) is 50.1 Å². The van der Waals surface area contributed by atoms with Gasteiger partial charge in [0.05, 0.1) is 13.2 Å². The van der Waals surface area contributed by atoms with E-state index in [2.05, 4.69) is 24.5 Å². The summed E-state index contributed by atoms with van der Waals surface area (Å²) < 4.78 is 26.1. The first kappa shape index (κ1) is 27.6. The summed E-state index contributed by atoms with van der Waals surface area (Å²) in [5.41, 5.74) is 5.54. The maximum atomic E-state index is 12.8. The topological polar surface area (TPSA) is 86.5 Å². The first-order valence-electron chi connectivity index (χ1n) is 11.4. The Kier molecular flexibility index (Phi) is 9.33. The number of benzene rings is 2.